The molecule has 9 heteroatoms. The third-order valence-electron chi connectivity index (χ3n) is 7.74. The first-order valence-corrected chi connectivity index (χ1v) is 14.2. The van der Waals surface area contributed by atoms with Crippen molar-refractivity contribution in [2.75, 3.05) is 33.9 Å². The minimum Gasteiger partial charge on any atom is -0.466 e. The normalized spacial score (nSPS) is 15.0. The highest BCUT2D eigenvalue weighted by molar-refractivity contribution is 6.00. The minimum atomic E-state index is -1.03. The second-order valence-electron chi connectivity index (χ2n) is 10.5. The average Bonchev–Trinajstić information content (AvgIpc) is 3.01. The number of nitro groups is 1. The van der Waals surface area contributed by atoms with Crippen LogP contribution < -0.4 is 5.32 Å². The second-order valence-corrected chi connectivity index (χ2v) is 10.5. The van der Waals surface area contributed by atoms with Gasteiger partial charge in [-0.1, -0.05) is 78.9 Å². The molecule has 3 aromatic rings. The summed E-state index contributed by atoms with van der Waals surface area (Å²) in [5.41, 5.74) is 3.67. The molecule has 0 amide bonds. The Morgan fingerprint density at radius 3 is 1.95 bits per heavy atom. The summed E-state index contributed by atoms with van der Waals surface area (Å²) in [4.78, 5) is 39.9. The van der Waals surface area contributed by atoms with Crippen molar-refractivity contribution >= 4 is 17.6 Å². The van der Waals surface area contributed by atoms with Gasteiger partial charge >= 0.3 is 11.9 Å². The molecule has 1 atom stereocenters. The molecular formula is C34H37N3O6. The highest BCUT2D eigenvalue weighted by Gasteiger charge is 2.40. The molecule has 224 valence electrons. The Labute approximate surface area is 252 Å². The largest absolute Gasteiger partial charge is 0.466 e. The second kappa shape index (κ2) is 14.4. The zero-order chi connectivity index (χ0) is 30.9. The van der Waals surface area contributed by atoms with Crippen LogP contribution in [0.2, 0.25) is 0 Å². The summed E-state index contributed by atoms with van der Waals surface area (Å²) in [5, 5.41) is 15.0. The van der Waals surface area contributed by atoms with E-state index in [4.69, 9.17) is 9.47 Å². The number of carbonyl (C=O) groups excluding carboxylic acids is 2. The lowest BCUT2D eigenvalue weighted by Gasteiger charge is -2.30. The molecule has 0 saturated carbocycles. The van der Waals surface area contributed by atoms with E-state index in [0.717, 1.165) is 13.0 Å². The maximum absolute atomic E-state index is 13.6. The van der Waals surface area contributed by atoms with Gasteiger partial charge in [0.25, 0.3) is 5.69 Å². The summed E-state index contributed by atoms with van der Waals surface area (Å²) in [6.07, 6.45) is 0.874. The van der Waals surface area contributed by atoms with Crippen molar-refractivity contribution in [3.63, 3.8) is 0 Å². The van der Waals surface area contributed by atoms with Crippen molar-refractivity contribution in [3.05, 3.63) is 134 Å². The van der Waals surface area contributed by atoms with Gasteiger partial charge in [0.05, 0.1) is 29.1 Å². The number of dihydropyridines is 1. The van der Waals surface area contributed by atoms with Gasteiger partial charge in [0, 0.05) is 35.5 Å². The van der Waals surface area contributed by atoms with E-state index < -0.39 is 22.8 Å². The predicted molar refractivity (Wildman–Crippen MR) is 164 cm³/mol. The summed E-state index contributed by atoms with van der Waals surface area (Å²) in [5.74, 6) is -2.14. The third kappa shape index (κ3) is 7.37. The monoisotopic (exact) mass is 583 g/mol. The first-order valence-electron chi connectivity index (χ1n) is 14.2. The molecule has 0 aliphatic carbocycles. The van der Waals surface area contributed by atoms with Crippen molar-refractivity contribution < 1.29 is 24.0 Å². The Hall–Kier alpha value is -4.76. The molecule has 0 radical (unpaired) electrons. The van der Waals surface area contributed by atoms with Crippen LogP contribution in [0.3, 0.4) is 0 Å². The van der Waals surface area contributed by atoms with E-state index >= 15 is 0 Å². The minimum absolute atomic E-state index is 0.104. The van der Waals surface area contributed by atoms with E-state index in [1.165, 1.54) is 24.3 Å². The number of esters is 2. The molecule has 0 bridgehead atoms. The Morgan fingerprint density at radius 1 is 0.860 bits per heavy atom. The summed E-state index contributed by atoms with van der Waals surface area (Å²) >= 11 is 0. The lowest BCUT2D eigenvalue weighted by molar-refractivity contribution is -0.385. The number of methoxy groups -OCH3 is 1. The number of ether oxygens (including phenoxy) is 2. The maximum Gasteiger partial charge on any atom is 0.336 e. The van der Waals surface area contributed by atoms with Crippen molar-refractivity contribution in [1.82, 2.24) is 10.2 Å². The molecule has 1 aliphatic rings. The van der Waals surface area contributed by atoms with Crippen LogP contribution in [0.5, 0.6) is 0 Å². The van der Waals surface area contributed by atoms with Crippen molar-refractivity contribution in [3.8, 4) is 0 Å². The zero-order valence-corrected chi connectivity index (χ0v) is 24.9. The number of nitro benzene ring substituents is 1. The van der Waals surface area contributed by atoms with Crippen LogP contribution in [0.1, 0.15) is 48.8 Å². The summed E-state index contributed by atoms with van der Waals surface area (Å²) < 4.78 is 10.7. The fourth-order valence-corrected chi connectivity index (χ4v) is 5.58. The molecule has 0 spiro atoms. The molecule has 1 aliphatic heterocycles. The lowest BCUT2D eigenvalue weighted by atomic mass is 9.79. The van der Waals surface area contributed by atoms with Crippen LogP contribution in [-0.2, 0) is 19.1 Å². The SMILES string of the molecule is COC(=O)C1=C(C)NC(C)=C(C(=O)OCCN(C)CCC(c2ccccc2)c2ccccc2)C1c1ccccc1[N+](=O)[O-]. The van der Waals surface area contributed by atoms with E-state index in [-0.39, 0.29) is 34.9 Å². The molecule has 3 aromatic carbocycles. The predicted octanol–water partition coefficient (Wildman–Crippen LogP) is 5.70. The molecule has 1 N–H and O–H groups in total. The zero-order valence-electron chi connectivity index (χ0n) is 24.9. The number of hydrogen-bond acceptors (Lipinski definition) is 8. The number of para-hydroxylation sites is 1. The number of nitrogens with one attached hydrogen (secondary N) is 1. The van der Waals surface area contributed by atoms with Crippen molar-refractivity contribution in [1.29, 1.82) is 0 Å². The van der Waals surface area contributed by atoms with E-state index in [0.29, 0.717) is 17.9 Å². The number of likely N-dealkylation sites (N-methyl/N-ethyl adjacent to an activating group) is 1. The van der Waals surface area contributed by atoms with Gasteiger partial charge in [0.2, 0.25) is 0 Å². The van der Waals surface area contributed by atoms with E-state index in [1.807, 2.05) is 43.4 Å². The van der Waals surface area contributed by atoms with Crippen LogP contribution in [0.4, 0.5) is 5.69 Å². The van der Waals surface area contributed by atoms with Gasteiger partial charge in [-0.2, -0.15) is 0 Å². The van der Waals surface area contributed by atoms with Crippen molar-refractivity contribution in [2.24, 2.45) is 0 Å². The third-order valence-corrected chi connectivity index (χ3v) is 7.74. The molecular weight excluding hydrogens is 546 g/mol. The first kappa shape index (κ1) is 31.2. The average molecular weight is 584 g/mol. The Bertz CT molecular complexity index is 1480. The standard InChI is InChI=1S/C34H37N3O6/c1-23-30(33(38)42-4)32(28-17-11-12-18-29(28)37(40)41)31(24(2)35-23)34(39)43-22-21-36(3)20-19-27(25-13-7-5-8-14-25)26-15-9-6-10-16-26/h5-18,27,32,35H,19-22H2,1-4H3. The highest BCUT2D eigenvalue weighted by Crippen LogP contribution is 2.42. The fourth-order valence-electron chi connectivity index (χ4n) is 5.58. The van der Waals surface area contributed by atoms with E-state index in [9.17, 15) is 19.7 Å². The fraction of sp³-hybridized carbons (Fsp3) is 0.294. The quantitative estimate of drug-likeness (QED) is 0.164. The summed E-state index contributed by atoms with van der Waals surface area (Å²) in [7, 11) is 3.21. The molecule has 0 aromatic heterocycles. The van der Waals surface area contributed by atoms with Gasteiger partial charge in [-0.15, -0.1) is 0 Å². The Kier molecular flexibility index (Phi) is 10.5. The summed E-state index contributed by atoms with van der Waals surface area (Å²) in [6.45, 7) is 4.72. The van der Waals surface area contributed by atoms with E-state index in [1.54, 1.807) is 32.0 Å². The van der Waals surface area contributed by atoms with Gasteiger partial charge in [-0.3, -0.25) is 10.1 Å². The van der Waals surface area contributed by atoms with Crippen LogP contribution >= 0.6 is 0 Å². The first-order chi connectivity index (χ1) is 20.7. The topological polar surface area (TPSA) is 111 Å². The lowest BCUT2D eigenvalue weighted by Crippen LogP contribution is -2.33. The summed E-state index contributed by atoms with van der Waals surface area (Å²) in [6, 6.07) is 26.8. The van der Waals surface area contributed by atoms with Gasteiger partial charge in [0.15, 0.2) is 0 Å². The molecule has 0 saturated heterocycles. The number of hydrogen-bond donors (Lipinski definition) is 1. The van der Waals surface area contributed by atoms with Gasteiger partial charge in [-0.25, -0.2) is 9.59 Å². The Morgan fingerprint density at radius 2 is 1.40 bits per heavy atom. The van der Waals surface area contributed by atoms with Gasteiger partial charge in [0.1, 0.15) is 6.61 Å². The van der Waals surface area contributed by atoms with Crippen LogP contribution in [-0.4, -0.2) is 55.6 Å². The van der Waals surface area contributed by atoms with Gasteiger partial charge in [-0.05, 0) is 45.0 Å². The number of rotatable bonds is 12. The number of allylic oxidation sites excluding steroid dienone is 2. The molecule has 1 unspecified atom stereocenters. The number of nitrogens with zero attached hydrogens (tertiary/aromatic N) is 2. The molecule has 4 rings (SSSR count). The Balaban J connectivity index is 1.48. The number of benzene rings is 3. The van der Waals surface area contributed by atoms with Gasteiger partial charge < -0.3 is 19.7 Å². The highest BCUT2D eigenvalue weighted by atomic mass is 16.6. The molecule has 9 nitrogen and oxygen atoms in total. The van der Waals surface area contributed by atoms with Crippen LogP contribution in [0, 0.1) is 10.1 Å². The van der Waals surface area contributed by atoms with Crippen LogP contribution in [0.25, 0.3) is 0 Å². The molecule has 43 heavy (non-hydrogen) atoms. The number of carbonyl (C=O) groups is 2. The van der Waals surface area contributed by atoms with E-state index in [2.05, 4.69) is 34.5 Å². The molecule has 0 fully saturated rings. The maximum atomic E-state index is 13.6. The van der Waals surface area contributed by atoms with Crippen LogP contribution in [0.15, 0.2) is 107 Å². The smallest absolute Gasteiger partial charge is 0.336 e. The molecule has 1 heterocycles. The van der Waals surface area contributed by atoms with Crippen molar-refractivity contribution in [2.45, 2.75) is 32.1 Å².